The number of carbonyl (C=O) groups is 1. The molecule has 2 aromatic heterocycles. The molecule has 0 spiro atoms. The molecule has 8 nitrogen and oxygen atoms in total. The third-order valence-corrected chi connectivity index (χ3v) is 7.95. The van der Waals surface area contributed by atoms with Gasteiger partial charge >= 0.3 is 0 Å². The Bertz CT molecular complexity index is 1130. The fourth-order valence-electron chi connectivity index (χ4n) is 5.11. The molecule has 1 aliphatic carbocycles. The number of hydrogen-bond acceptors (Lipinski definition) is 8. The number of amides is 1. The lowest BCUT2D eigenvalue weighted by Gasteiger charge is -2.33. The molecule has 35 heavy (non-hydrogen) atoms. The zero-order valence-electron chi connectivity index (χ0n) is 20.4. The number of carbonyl (C=O) groups excluding carboxylic acids is 1. The first-order valence-electron chi connectivity index (χ1n) is 12.5. The van der Waals surface area contributed by atoms with E-state index in [0.717, 1.165) is 73.3 Å². The van der Waals surface area contributed by atoms with E-state index in [9.17, 15) is 4.79 Å². The first-order chi connectivity index (χ1) is 17.1. The number of rotatable bonds is 7. The van der Waals surface area contributed by atoms with Gasteiger partial charge in [0.1, 0.15) is 5.82 Å². The summed E-state index contributed by atoms with van der Waals surface area (Å²) in [5.74, 6) is 1.53. The van der Waals surface area contributed by atoms with E-state index >= 15 is 0 Å². The second kappa shape index (κ2) is 10.8. The molecule has 0 radical (unpaired) electrons. The number of piperidine rings is 1. The molecule has 1 aliphatic heterocycles. The molecule has 3 heterocycles. The molecule has 2 aliphatic rings. The van der Waals surface area contributed by atoms with Crippen LogP contribution < -0.4 is 20.9 Å². The van der Waals surface area contributed by atoms with E-state index in [2.05, 4.69) is 50.5 Å². The number of anilines is 4. The highest BCUT2D eigenvalue weighted by atomic mass is 32.1. The van der Waals surface area contributed by atoms with Gasteiger partial charge in [0.05, 0.1) is 16.3 Å². The van der Waals surface area contributed by atoms with Crippen LogP contribution in [0.3, 0.4) is 0 Å². The van der Waals surface area contributed by atoms with E-state index in [1.807, 2.05) is 6.07 Å². The van der Waals surface area contributed by atoms with Crippen LogP contribution in [0.15, 0.2) is 35.7 Å². The van der Waals surface area contributed by atoms with Crippen LogP contribution in [0.4, 0.5) is 23.1 Å². The summed E-state index contributed by atoms with van der Waals surface area (Å²) in [6, 6.07) is 11.2. The predicted octanol–water partition coefficient (Wildman–Crippen LogP) is 4.91. The Morgan fingerprint density at radius 2 is 1.71 bits per heavy atom. The molecule has 1 saturated heterocycles. The molecule has 0 unspecified atom stereocenters. The molecule has 3 N–H and O–H groups in total. The highest BCUT2D eigenvalue weighted by molar-refractivity contribution is 7.17. The van der Waals surface area contributed by atoms with Crippen molar-refractivity contribution in [2.24, 2.45) is 0 Å². The van der Waals surface area contributed by atoms with E-state index in [-0.39, 0.29) is 11.9 Å². The quantitative estimate of drug-likeness (QED) is 0.430. The van der Waals surface area contributed by atoms with Crippen LogP contribution >= 0.6 is 11.3 Å². The molecular weight excluding hydrogens is 460 g/mol. The Morgan fingerprint density at radius 3 is 2.40 bits per heavy atom. The van der Waals surface area contributed by atoms with Crippen LogP contribution in [0.25, 0.3) is 10.2 Å². The maximum Gasteiger partial charge on any atom is 0.229 e. The summed E-state index contributed by atoms with van der Waals surface area (Å²) in [4.78, 5) is 23.3. The van der Waals surface area contributed by atoms with E-state index in [0.29, 0.717) is 18.1 Å². The van der Waals surface area contributed by atoms with Crippen molar-refractivity contribution in [3.8, 4) is 0 Å². The first kappa shape index (κ1) is 23.8. The molecule has 9 heteroatoms. The van der Waals surface area contributed by atoms with Gasteiger partial charge in [-0.2, -0.15) is 4.98 Å². The topological polar surface area (TPSA) is 91.4 Å². The van der Waals surface area contributed by atoms with Crippen LogP contribution in [-0.4, -0.2) is 54.3 Å². The number of hydrogen-bond donors (Lipinski definition) is 3. The second-order valence-corrected chi connectivity index (χ2v) is 10.4. The molecule has 186 valence electrons. The van der Waals surface area contributed by atoms with E-state index < -0.39 is 0 Å². The molecule has 1 amide bonds. The molecule has 3 aromatic rings. The van der Waals surface area contributed by atoms with Gasteiger partial charge in [0.25, 0.3) is 0 Å². The van der Waals surface area contributed by atoms with Crippen LogP contribution in [-0.2, 0) is 9.53 Å². The van der Waals surface area contributed by atoms with Gasteiger partial charge in [-0.3, -0.25) is 4.79 Å². The first-order valence-corrected chi connectivity index (χ1v) is 13.4. The number of nitrogens with zero attached hydrogens (tertiary/aromatic N) is 3. The normalized spacial score (nSPS) is 21.1. The van der Waals surface area contributed by atoms with Gasteiger partial charge in [-0.25, -0.2) is 4.98 Å². The second-order valence-electron chi connectivity index (χ2n) is 9.52. The highest BCUT2D eigenvalue weighted by Crippen LogP contribution is 2.31. The molecule has 1 aromatic carbocycles. The number of ether oxygens (including phenoxy) is 1. The predicted molar refractivity (Wildman–Crippen MR) is 143 cm³/mol. The Kier molecular flexibility index (Phi) is 7.34. The van der Waals surface area contributed by atoms with Crippen LogP contribution in [0.1, 0.15) is 45.4 Å². The van der Waals surface area contributed by atoms with Crippen molar-refractivity contribution in [2.45, 2.75) is 63.6 Å². The summed E-state index contributed by atoms with van der Waals surface area (Å²) in [5.41, 5.74) is 3.15. The minimum absolute atomic E-state index is 0.0527. The van der Waals surface area contributed by atoms with E-state index in [1.54, 1.807) is 25.4 Å². The summed E-state index contributed by atoms with van der Waals surface area (Å²) in [6.45, 7) is 3.63. The SMILES string of the molecule is COC1CCN(c2ccc(Nc3nc(N[C@H]4CC[C@@H](NC(C)=O)CC4)c4sccc4n3)cc2)CC1. The summed E-state index contributed by atoms with van der Waals surface area (Å²) in [7, 11) is 1.80. The van der Waals surface area contributed by atoms with Gasteiger partial charge in [-0.1, -0.05) is 0 Å². The Balaban J connectivity index is 1.24. The lowest BCUT2D eigenvalue weighted by molar-refractivity contribution is -0.119. The van der Waals surface area contributed by atoms with Crippen molar-refractivity contribution in [3.05, 3.63) is 35.7 Å². The molecular formula is C26H34N6O2S. The van der Waals surface area contributed by atoms with E-state index in [4.69, 9.17) is 14.7 Å². The largest absolute Gasteiger partial charge is 0.381 e. The summed E-state index contributed by atoms with van der Waals surface area (Å²) >= 11 is 1.66. The molecule has 5 rings (SSSR count). The lowest BCUT2D eigenvalue weighted by Crippen LogP contribution is -2.39. The Morgan fingerprint density at radius 1 is 1.00 bits per heavy atom. The number of thiophene rings is 1. The lowest BCUT2D eigenvalue weighted by atomic mass is 9.91. The molecule has 1 saturated carbocycles. The average Bonchev–Trinajstić information content (AvgIpc) is 3.35. The van der Waals surface area contributed by atoms with Crippen molar-refractivity contribution in [1.82, 2.24) is 15.3 Å². The van der Waals surface area contributed by atoms with Gasteiger partial charge in [0.2, 0.25) is 11.9 Å². The van der Waals surface area contributed by atoms with Crippen molar-refractivity contribution in [2.75, 3.05) is 35.7 Å². The number of methoxy groups -OCH3 is 1. The minimum Gasteiger partial charge on any atom is -0.381 e. The third-order valence-electron chi connectivity index (χ3n) is 7.04. The molecule has 2 fully saturated rings. The fourth-order valence-corrected chi connectivity index (χ4v) is 5.90. The number of aromatic nitrogens is 2. The van der Waals surface area contributed by atoms with Gasteiger partial charge in [-0.15, -0.1) is 11.3 Å². The van der Waals surface area contributed by atoms with Crippen molar-refractivity contribution in [3.63, 3.8) is 0 Å². The number of benzene rings is 1. The number of nitrogens with one attached hydrogen (secondary N) is 3. The van der Waals surface area contributed by atoms with Crippen LogP contribution in [0.5, 0.6) is 0 Å². The fraction of sp³-hybridized carbons (Fsp3) is 0.500. The molecule has 0 atom stereocenters. The van der Waals surface area contributed by atoms with Crippen molar-refractivity contribution in [1.29, 1.82) is 0 Å². The Hall–Kier alpha value is -2.91. The van der Waals surface area contributed by atoms with Crippen molar-refractivity contribution < 1.29 is 9.53 Å². The smallest absolute Gasteiger partial charge is 0.229 e. The molecule has 0 bridgehead atoms. The maximum absolute atomic E-state index is 11.4. The third kappa shape index (κ3) is 5.85. The minimum atomic E-state index is 0.0527. The average molecular weight is 495 g/mol. The standard InChI is InChI=1S/C26H34N6O2S/c1-17(33)27-18-3-5-19(6-4-18)28-25-24-23(13-16-35-24)30-26(31-25)29-20-7-9-21(10-8-20)32-14-11-22(34-2)12-15-32/h7-10,13,16,18-19,22H,3-6,11-12,14-15H2,1-2H3,(H,27,33)(H2,28,29,30,31)/t18-,19+. The van der Waals surface area contributed by atoms with Crippen molar-refractivity contribution >= 4 is 50.6 Å². The zero-order valence-corrected chi connectivity index (χ0v) is 21.2. The zero-order chi connectivity index (χ0) is 24.2. The van der Waals surface area contributed by atoms with E-state index in [1.165, 1.54) is 5.69 Å². The Labute approximate surface area is 210 Å². The highest BCUT2D eigenvalue weighted by Gasteiger charge is 2.23. The summed E-state index contributed by atoms with van der Waals surface area (Å²) < 4.78 is 6.57. The monoisotopic (exact) mass is 494 g/mol. The van der Waals surface area contributed by atoms with Gasteiger partial charge < -0.3 is 25.6 Å². The van der Waals surface area contributed by atoms with Gasteiger partial charge in [0, 0.05) is 50.6 Å². The van der Waals surface area contributed by atoms with Gasteiger partial charge in [0.15, 0.2) is 0 Å². The van der Waals surface area contributed by atoms with Crippen LogP contribution in [0.2, 0.25) is 0 Å². The maximum atomic E-state index is 11.4. The van der Waals surface area contributed by atoms with Crippen LogP contribution in [0, 0.1) is 0 Å². The summed E-state index contributed by atoms with van der Waals surface area (Å²) in [6.07, 6.45) is 6.49. The van der Waals surface area contributed by atoms with Gasteiger partial charge in [-0.05, 0) is 74.2 Å². The number of fused-ring (bicyclic) bond motifs is 1. The summed E-state index contributed by atoms with van der Waals surface area (Å²) in [5, 5.41) is 12.2.